The first-order chi connectivity index (χ1) is 4.63. The quantitative estimate of drug-likeness (QED) is 0.534. The lowest BCUT2D eigenvalue weighted by Crippen LogP contribution is -1.85. The normalized spacial score (nSPS) is 11.2. The van der Waals surface area contributed by atoms with Crippen molar-refractivity contribution >= 4 is 0 Å². The van der Waals surface area contributed by atoms with Crippen molar-refractivity contribution in [2.45, 2.75) is 34.6 Å². The minimum absolute atomic E-state index is 0. The van der Waals surface area contributed by atoms with Gasteiger partial charge in [-0.15, -0.1) is 0 Å². The van der Waals surface area contributed by atoms with Crippen molar-refractivity contribution < 1.29 is 0 Å². The largest absolute Gasteiger partial charge is 0.0988 e. The van der Waals surface area contributed by atoms with Gasteiger partial charge in [0, 0.05) is 0 Å². The molecule has 0 N–H and O–H groups in total. The number of hydrogen-bond donors (Lipinski definition) is 0. The molecule has 0 nitrogen and oxygen atoms in total. The summed E-state index contributed by atoms with van der Waals surface area (Å²) in [6, 6.07) is 0. The maximum absolute atomic E-state index is 3.89. The summed E-state index contributed by atoms with van der Waals surface area (Å²) in [5, 5.41) is 0. The van der Waals surface area contributed by atoms with Crippen molar-refractivity contribution in [3.05, 3.63) is 36.0 Å². The Labute approximate surface area is 71.3 Å². The summed E-state index contributed by atoms with van der Waals surface area (Å²) in [7, 11) is 0. The van der Waals surface area contributed by atoms with Crippen molar-refractivity contribution in [1.82, 2.24) is 0 Å². The van der Waals surface area contributed by atoms with Crippen molar-refractivity contribution in [3.8, 4) is 0 Å². The maximum Gasteiger partial charge on any atom is -0.0302 e. The average Bonchev–Trinajstić information content (AvgIpc) is 1.88. The van der Waals surface area contributed by atoms with Crippen LogP contribution in [-0.4, -0.2) is 0 Å². The van der Waals surface area contributed by atoms with Crippen LogP contribution in [0.2, 0.25) is 0 Å². The molecule has 0 aromatic carbocycles. The fraction of sp³-hybridized carbons (Fsp3) is 0.455. The zero-order valence-electron chi connectivity index (χ0n) is 7.20. The molecule has 11 heavy (non-hydrogen) atoms. The van der Waals surface area contributed by atoms with E-state index in [0.29, 0.717) is 0 Å². The molecular weight excluding hydrogens is 132 g/mol. The van der Waals surface area contributed by atoms with Gasteiger partial charge in [-0.3, -0.25) is 0 Å². The maximum atomic E-state index is 3.89. The van der Waals surface area contributed by atoms with Crippen LogP contribution < -0.4 is 0 Å². The zero-order chi connectivity index (χ0) is 8.15. The van der Waals surface area contributed by atoms with E-state index in [0.717, 1.165) is 12.0 Å². The van der Waals surface area contributed by atoms with Crippen LogP contribution in [0.15, 0.2) is 36.0 Å². The third-order valence-corrected chi connectivity index (χ3v) is 1.65. The molecule has 0 aliphatic rings. The van der Waals surface area contributed by atoms with Gasteiger partial charge in [0.1, 0.15) is 0 Å². The molecule has 0 bridgehead atoms. The molecule has 0 spiro atoms. The molecule has 0 saturated heterocycles. The molecule has 0 aromatic heterocycles. The number of hydrogen-bond acceptors (Lipinski definition) is 0. The van der Waals surface area contributed by atoms with Gasteiger partial charge in [0.2, 0.25) is 0 Å². The van der Waals surface area contributed by atoms with Crippen LogP contribution in [0.4, 0.5) is 0 Å². The van der Waals surface area contributed by atoms with E-state index in [4.69, 9.17) is 0 Å². The van der Waals surface area contributed by atoms with Crippen LogP contribution in [0.5, 0.6) is 0 Å². The summed E-state index contributed by atoms with van der Waals surface area (Å²) in [6.45, 7) is 13.8. The first-order valence-electron chi connectivity index (χ1n) is 3.61. The lowest BCUT2D eigenvalue weighted by Gasteiger charge is -2.05. The molecule has 0 atom stereocenters. The molecule has 64 valence electrons. The van der Waals surface area contributed by atoms with E-state index in [9.17, 15) is 0 Å². The second-order valence-corrected chi connectivity index (χ2v) is 2.50. The topological polar surface area (TPSA) is 0 Å². The van der Waals surface area contributed by atoms with E-state index in [1.54, 1.807) is 0 Å². The third kappa shape index (κ3) is 3.82. The monoisotopic (exact) mass is 152 g/mol. The lowest BCUT2D eigenvalue weighted by atomic mass is 10.0. The molecule has 0 heterocycles. The number of allylic oxidation sites excluding steroid dienone is 4. The first kappa shape index (κ1) is 12.9. The van der Waals surface area contributed by atoms with Gasteiger partial charge in [-0.1, -0.05) is 39.2 Å². The van der Waals surface area contributed by atoms with Crippen LogP contribution in [0.3, 0.4) is 0 Å². The van der Waals surface area contributed by atoms with E-state index in [1.807, 2.05) is 13.0 Å². The second-order valence-electron chi connectivity index (χ2n) is 2.50. The van der Waals surface area contributed by atoms with Gasteiger partial charge in [-0.05, 0) is 31.4 Å². The highest BCUT2D eigenvalue weighted by Crippen LogP contribution is 2.16. The van der Waals surface area contributed by atoms with E-state index < -0.39 is 0 Å². The van der Waals surface area contributed by atoms with Crippen molar-refractivity contribution in [2.75, 3.05) is 0 Å². The summed E-state index contributed by atoms with van der Waals surface area (Å²) in [5.41, 5.74) is 3.73. The van der Waals surface area contributed by atoms with Gasteiger partial charge in [-0.2, -0.15) is 0 Å². The predicted octanol–water partition coefficient (Wildman–Crippen LogP) is 4.11. The first-order valence-corrected chi connectivity index (χ1v) is 3.61. The Balaban J connectivity index is 0. The Kier molecular flexibility index (Phi) is 6.97. The summed E-state index contributed by atoms with van der Waals surface area (Å²) < 4.78 is 0. The van der Waals surface area contributed by atoms with Gasteiger partial charge in [0.05, 0.1) is 0 Å². The fourth-order valence-electron chi connectivity index (χ4n) is 1.04. The summed E-state index contributed by atoms with van der Waals surface area (Å²) in [4.78, 5) is 0. The van der Waals surface area contributed by atoms with Crippen LogP contribution >= 0.6 is 0 Å². The SMILES string of the molecule is C.C=C/C(C)=C(/CC)C(=C)C. The average molecular weight is 152 g/mol. The van der Waals surface area contributed by atoms with Gasteiger partial charge in [0.15, 0.2) is 0 Å². The molecule has 0 fully saturated rings. The summed E-state index contributed by atoms with van der Waals surface area (Å²) >= 11 is 0. The second kappa shape index (κ2) is 5.96. The van der Waals surface area contributed by atoms with Gasteiger partial charge in [-0.25, -0.2) is 0 Å². The minimum Gasteiger partial charge on any atom is -0.0988 e. The highest BCUT2D eigenvalue weighted by Gasteiger charge is 1.96. The zero-order valence-corrected chi connectivity index (χ0v) is 7.20. The van der Waals surface area contributed by atoms with Gasteiger partial charge < -0.3 is 0 Å². The Morgan fingerprint density at radius 1 is 1.36 bits per heavy atom. The predicted molar refractivity (Wildman–Crippen MR) is 54.7 cm³/mol. The van der Waals surface area contributed by atoms with Crippen LogP contribution in [-0.2, 0) is 0 Å². The van der Waals surface area contributed by atoms with Gasteiger partial charge in [0.25, 0.3) is 0 Å². The lowest BCUT2D eigenvalue weighted by molar-refractivity contribution is 1.08. The van der Waals surface area contributed by atoms with E-state index in [2.05, 4.69) is 27.0 Å². The molecule has 0 unspecified atom stereocenters. The Bertz CT molecular complexity index is 170. The highest BCUT2D eigenvalue weighted by molar-refractivity contribution is 5.35. The molecule has 0 aromatic rings. The standard InChI is InChI=1S/C10H16.CH4/c1-6-9(5)10(7-2)8(3)4;/h6H,1,3,7H2,2,4-5H3;1H4/b10-9-;. The van der Waals surface area contributed by atoms with Crippen LogP contribution in [0.25, 0.3) is 0 Å². The Morgan fingerprint density at radius 2 is 1.82 bits per heavy atom. The summed E-state index contributed by atoms with van der Waals surface area (Å²) in [5.74, 6) is 0. The van der Waals surface area contributed by atoms with E-state index >= 15 is 0 Å². The summed E-state index contributed by atoms with van der Waals surface area (Å²) in [6.07, 6.45) is 2.93. The molecule has 0 aliphatic heterocycles. The minimum atomic E-state index is 0. The molecule has 0 aliphatic carbocycles. The molecule has 0 radical (unpaired) electrons. The number of rotatable bonds is 3. The van der Waals surface area contributed by atoms with Crippen LogP contribution in [0.1, 0.15) is 34.6 Å². The molecule has 0 amide bonds. The fourth-order valence-corrected chi connectivity index (χ4v) is 1.04. The van der Waals surface area contributed by atoms with Gasteiger partial charge >= 0.3 is 0 Å². The molecule has 0 saturated carbocycles. The van der Waals surface area contributed by atoms with E-state index in [-0.39, 0.29) is 7.43 Å². The van der Waals surface area contributed by atoms with Crippen molar-refractivity contribution in [3.63, 3.8) is 0 Å². The van der Waals surface area contributed by atoms with Crippen molar-refractivity contribution in [2.24, 2.45) is 0 Å². The molecular formula is C11H20. The Morgan fingerprint density at radius 3 is 1.91 bits per heavy atom. The van der Waals surface area contributed by atoms with Crippen LogP contribution in [0, 0.1) is 0 Å². The highest BCUT2D eigenvalue weighted by atomic mass is 14.0. The third-order valence-electron chi connectivity index (χ3n) is 1.65. The van der Waals surface area contributed by atoms with E-state index in [1.165, 1.54) is 11.1 Å². The smallest absolute Gasteiger partial charge is 0.0302 e. The van der Waals surface area contributed by atoms with Crippen molar-refractivity contribution in [1.29, 1.82) is 0 Å². The molecule has 0 heteroatoms. The molecule has 0 rings (SSSR count). The Hall–Kier alpha value is -0.780.